The van der Waals surface area contributed by atoms with Gasteiger partial charge in [-0.1, -0.05) is 25.9 Å². The molecule has 0 bridgehead atoms. The molecule has 9 heteroatoms. The van der Waals surface area contributed by atoms with Crippen molar-refractivity contribution >= 4 is 17.9 Å². The molecule has 1 aromatic rings. The number of ether oxygens (including phenoxy) is 1. The number of urea groups is 2. The van der Waals surface area contributed by atoms with Crippen LogP contribution in [0.25, 0.3) is 0 Å². The van der Waals surface area contributed by atoms with E-state index in [1.807, 2.05) is 44.4 Å². The van der Waals surface area contributed by atoms with Crippen molar-refractivity contribution in [3.05, 3.63) is 11.8 Å². The molecular formula is C20H33N5O4. The van der Waals surface area contributed by atoms with Crippen LogP contribution in [0.2, 0.25) is 0 Å². The highest BCUT2D eigenvalue weighted by molar-refractivity contribution is 5.88. The van der Waals surface area contributed by atoms with Gasteiger partial charge in [-0.2, -0.15) is 0 Å². The second-order valence-corrected chi connectivity index (χ2v) is 9.03. The molecule has 1 N–H and O–H groups in total. The molecule has 2 saturated heterocycles. The van der Waals surface area contributed by atoms with Gasteiger partial charge in [-0.15, -0.1) is 0 Å². The van der Waals surface area contributed by atoms with Crippen LogP contribution in [0.5, 0.6) is 0 Å². The van der Waals surface area contributed by atoms with Gasteiger partial charge in [0.1, 0.15) is 5.76 Å². The van der Waals surface area contributed by atoms with Crippen molar-refractivity contribution in [2.24, 2.45) is 0 Å². The number of hydrogen-bond donors (Lipinski definition) is 1. The lowest BCUT2D eigenvalue weighted by Gasteiger charge is -2.38. The van der Waals surface area contributed by atoms with Gasteiger partial charge < -0.3 is 24.0 Å². The number of morpholine rings is 1. The molecule has 2 fully saturated rings. The van der Waals surface area contributed by atoms with Gasteiger partial charge in [0.15, 0.2) is 5.82 Å². The maximum Gasteiger partial charge on any atom is 0.323 e. The van der Waals surface area contributed by atoms with Crippen molar-refractivity contribution in [1.29, 1.82) is 0 Å². The number of anilines is 1. The van der Waals surface area contributed by atoms with E-state index in [2.05, 4.69) is 10.5 Å². The molecule has 9 nitrogen and oxygen atoms in total. The predicted molar refractivity (Wildman–Crippen MR) is 109 cm³/mol. The summed E-state index contributed by atoms with van der Waals surface area (Å²) < 4.78 is 11.0. The number of rotatable bonds is 1. The van der Waals surface area contributed by atoms with Crippen molar-refractivity contribution in [1.82, 2.24) is 19.9 Å². The van der Waals surface area contributed by atoms with Crippen molar-refractivity contribution in [3.8, 4) is 0 Å². The molecule has 0 aromatic carbocycles. The minimum atomic E-state index is -0.221. The summed E-state index contributed by atoms with van der Waals surface area (Å²) in [6.07, 6.45) is 0.815. The molecular weight excluding hydrogens is 374 g/mol. The van der Waals surface area contributed by atoms with Gasteiger partial charge in [0, 0.05) is 50.7 Å². The molecule has 1 aromatic heterocycles. The Hall–Kier alpha value is -2.29. The Kier molecular flexibility index (Phi) is 6.36. The first-order chi connectivity index (χ1) is 13.6. The number of hydrogen-bond acceptors (Lipinski definition) is 5. The van der Waals surface area contributed by atoms with E-state index in [0.29, 0.717) is 45.1 Å². The van der Waals surface area contributed by atoms with Gasteiger partial charge in [0.25, 0.3) is 0 Å². The summed E-state index contributed by atoms with van der Waals surface area (Å²) in [5.41, 5.74) is -0.173. The normalized spacial score (nSPS) is 23.7. The second kappa shape index (κ2) is 8.61. The largest absolute Gasteiger partial charge is 0.372 e. The van der Waals surface area contributed by atoms with Crippen LogP contribution in [0, 0.1) is 0 Å². The van der Waals surface area contributed by atoms with Gasteiger partial charge in [-0.05, 0) is 20.3 Å². The number of carbonyl (C=O) groups excluding carboxylic acids is 2. The summed E-state index contributed by atoms with van der Waals surface area (Å²) >= 11 is 0. The number of aromatic nitrogens is 1. The van der Waals surface area contributed by atoms with Gasteiger partial charge >= 0.3 is 12.1 Å². The summed E-state index contributed by atoms with van der Waals surface area (Å²) in [5.74, 6) is 1.13. The zero-order chi connectivity index (χ0) is 21.2. The van der Waals surface area contributed by atoms with Gasteiger partial charge in [-0.25, -0.2) is 9.59 Å². The molecule has 3 rings (SSSR count). The Morgan fingerprint density at radius 3 is 2.28 bits per heavy atom. The van der Waals surface area contributed by atoms with Gasteiger partial charge in [0.05, 0.1) is 12.2 Å². The van der Waals surface area contributed by atoms with Crippen molar-refractivity contribution in [2.45, 2.75) is 58.7 Å². The first-order valence-electron chi connectivity index (χ1n) is 10.4. The lowest BCUT2D eigenvalue weighted by Crippen LogP contribution is -2.53. The monoisotopic (exact) mass is 407 g/mol. The third kappa shape index (κ3) is 5.41. The minimum absolute atomic E-state index is 0.0283. The minimum Gasteiger partial charge on any atom is -0.372 e. The Morgan fingerprint density at radius 1 is 1.03 bits per heavy atom. The summed E-state index contributed by atoms with van der Waals surface area (Å²) in [6, 6.07) is 1.56. The molecule has 2 aliphatic heterocycles. The van der Waals surface area contributed by atoms with Crippen LogP contribution in [0.4, 0.5) is 15.4 Å². The average Bonchev–Trinajstić information content (AvgIpc) is 2.96. The van der Waals surface area contributed by atoms with E-state index in [0.717, 1.165) is 12.2 Å². The molecule has 162 valence electrons. The summed E-state index contributed by atoms with van der Waals surface area (Å²) in [5, 5.41) is 6.75. The van der Waals surface area contributed by atoms with Crippen molar-refractivity contribution in [2.75, 3.05) is 44.6 Å². The third-order valence-corrected chi connectivity index (χ3v) is 5.23. The fourth-order valence-corrected chi connectivity index (χ4v) is 3.72. The molecule has 0 unspecified atom stereocenters. The van der Waals surface area contributed by atoms with Crippen LogP contribution < -0.4 is 5.32 Å². The maximum absolute atomic E-state index is 12.9. The summed E-state index contributed by atoms with van der Waals surface area (Å²) in [7, 11) is 0. The van der Waals surface area contributed by atoms with Crippen LogP contribution in [-0.4, -0.2) is 83.4 Å². The van der Waals surface area contributed by atoms with Crippen LogP contribution in [0.3, 0.4) is 0 Å². The molecule has 0 aliphatic carbocycles. The Labute approximate surface area is 172 Å². The topological polar surface area (TPSA) is 91.2 Å². The third-order valence-electron chi connectivity index (χ3n) is 5.23. The lowest BCUT2D eigenvalue weighted by molar-refractivity contribution is -0.0580. The first kappa shape index (κ1) is 21.4. The van der Waals surface area contributed by atoms with Crippen molar-refractivity contribution < 1.29 is 18.8 Å². The van der Waals surface area contributed by atoms with Gasteiger partial charge in [-0.3, -0.25) is 5.32 Å². The number of nitrogens with one attached hydrogen (secondary N) is 1. The van der Waals surface area contributed by atoms with E-state index in [1.54, 1.807) is 11.0 Å². The fraction of sp³-hybridized carbons (Fsp3) is 0.750. The van der Waals surface area contributed by atoms with E-state index in [4.69, 9.17) is 9.26 Å². The quantitative estimate of drug-likeness (QED) is 0.773. The molecule has 4 amide bonds. The molecule has 0 spiro atoms. The number of carbonyl (C=O) groups is 2. The van der Waals surface area contributed by atoms with Crippen LogP contribution in [0.15, 0.2) is 10.6 Å². The zero-order valence-electron chi connectivity index (χ0n) is 18.1. The second-order valence-electron chi connectivity index (χ2n) is 9.03. The highest BCUT2D eigenvalue weighted by Crippen LogP contribution is 2.24. The zero-order valence-corrected chi connectivity index (χ0v) is 18.1. The highest BCUT2D eigenvalue weighted by Gasteiger charge is 2.30. The SMILES string of the molecule is C[C@@H]1CN(C(=O)N2CCCN(C(=O)Nc3cc(C(C)(C)C)on3)CC2)C[C@H](C)O1. The van der Waals surface area contributed by atoms with Crippen LogP contribution >= 0.6 is 0 Å². The summed E-state index contributed by atoms with van der Waals surface area (Å²) in [4.78, 5) is 31.0. The standard InChI is InChI=1S/C20H33N5O4/c1-14-12-25(13-15(2)28-14)19(27)24-8-6-7-23(9-10-24)18(26)21-17-11-16(29-22-17)20(3,4)5/h11,14-15H,6-10,12-13H2,1-5H3,(H,21,22,26)/t14-,15+. The predicted octanol–water partition coefficient (Wildman–Crippen LogP) is 2.74. The average molecular weight is 408 g/mol. The lowest BCUT2D eigenvalue weighted by atomic mass is 9.93. The first-order valence-corrected chi connectivity index (χ1v) is 10.4. The van der Waals surface area contributed by atoms with E-state index in [-0.39, 0.29) is 29.7 Å². The molecule has 2 aliphatic rings. The van der Waals surface area contributed by atoms with E-state index in [9.17, 15) is 9.59 Å². The van der Waals surface area contributed by atoms with Gasteiger partial charge in [0.2, 0.25) is 0 Å². The smallest absolute Gasteiger partial charge is 0.323 e. The molecule has 0 saturated carbocycles. The number of nitrogens with zero attached hydrogens (tertiary/aromatic N) is 4. The molecule has 0 radical (unpaired) electrons. The van der Waals surface area contributed by atoms with Crippen molar-refractivity contribution in [3.63, 3.8) is 0 Å². The fourth-order valence-electron chi connectivity index (χ4n) is 3.72. The van der Waals surface area contributed by atoms with E-state index in [1.165, 1.54) is 0 Å². The summed E-state index contributed by atoms with van der Waals surface area (Å²) in [6.45, 7) is 13.5. The Balaban J connectivity index is 1.54. The number of amides is 4. The highest BCUT2D eigenvalue weighted by atomic mass is 16.5. The molecule has 29 heavy (non-hydrogen) atoms. The van der Waals surface area contributed by atoms with E-state index >= 15 is 0 Å². The molecule has 2 atom stereocenters. The van der Waals surface area contributed by atoms with Crippen LogP contribution in [0.1, 0.15) is 46.8 Å². The Morgan fingerprint density at radius 2 is 1.66 bits per heavy atom. The Bertz CT molecular complexity index is 719. The maximum atomic E-state index is 12.9. The van der Waals surface area contributed by atoms with E-state index < -0.39 is 0 Å². The van der Waals surface area contributed by atoms with Crippen LogP contribution in [-0.2, 0) is 10.2 Å². The molecule has 3 heterocycles.